The van der Waals surface area contributed by atoms with Crippen LogP contribution in [0.25, 0.3) is 12.2 Å². The predicted molar refractivity (Wildman–Crippen MR) is 69.1 cm³/mol. The second-order valence-corrected chi connectivity index (χ2v) is 3.74. The Morgan fingerprint density at radius 3 is 1.78 bits per heavy atom. The third-order valence-electron chi connectivity index (χ3n) is 2.34. The number of carbonyl (C=O) groups excluding carboxylic acids is 1. The maximum Gasteiger partial charge on any atom is 0.178 e. The van der Waals surface area contributed by atoms with Crippen LogP contribution < -0.4 is 9.97 Å². The van der Waals surface area contributed by atoms with Crippen LogP contribution in [0.4, 0.5) is 0 Å². The fourth-order valence-electron chi connectivity index (χ4n) is 1.43. The number of aromatic nitrogens is 2. The molecule has 0 spiro atoms. The lowest BCUT2D eigenvalue weighted by molar-refractivity contribution is -0.378. The maximum absolute atomic E-state index is 11.6. The van der Waals surface area contributed by atoms with Crippen molar-refractivity contribution in [1.82, 2.24) is 0 Å². The highest BCUT2D eigenvalue weighted by molar-refractivity contribution is 6.04. The summed E-state index contributed by atoms with van der Waals surface area (Å²) in [5, 5.41) is 0. The number of H-pyrrole nitrogens is 2. The van der Waals surface area contributed by atoms with Crippen LogP contribution in [-0.2, 0) is 4.79 Å². The average Bonchev–Trinajstić information content (AvgIpc) is 2.45. The molecule has 0 saturated heterocycles. The predicted octanol–water partition coefficient (Wildman–Crippen LogP) is 1.61. The van der Waals surface area contributed by atoms with Crippen molar-refractivity contribution < 1.29 is 14.8 Å². The van der Waals surface area contributed by atoms with Crippen LogP contribution in [0.2, 0.25) is 0 Å². The standard InChI is InChI=1S/C15H12N2O/c18-15(7-5-13-3-1-9-16-11-13)8-6-14-4-2-10-17-12-14/h1-12H/p+2/b7-5+,8-6+. The number of rotatable bonds is 4. The van der Waals surface area contributed by atoms with Gasteiger partial charge in [0.05, 0.1) is 0 Å². The van der Waals surface area contributed by atoms with Crippen LogP contribution >= 0.6 is 0 Å². The van der Waals surface area contributed by atoms with Crippen molar-refractivity contribution in [2.75, 3.05) is 0 Å². The van der Waals surface area contributed by atoms with Gasteiger partial charge in [-0.25, -0.2) is 9.97 Å². The third kappa shape index (κ3) is 3.79. The topological polar surface area (TPSA) is 45.4 Å². The van der Waals surface area contributed by atoms with E-state index in [2.05, 4.69) is 9.97 Å². The highest BCUT2D eigenvalue weighted by atomic mass is 16.1. The summed E-state index contributed by atoms with van der Waals surface area (Å²) in [5.74, 6) is -0.0392. The summed E-state index contributed by atoms with van der Waals surface area (Å²) in [6.07, 6.45) is 14.0. The van der Waals surface area contributed by atoms with Gasteiger partial charge in [-0.3, -0.25) is 4.79 Å². The molecule has 0 atom stereocenters. The Kier molecular flexibility index (Phi) is 4.14. The lowest BCUT2D eigenvalue weighted by Crippen LogP contribution is -1.98. The Hall–Kier alpha value is -2.55. The fraction of sp³-hybridized carbons (Fsp3) is 0. The monoisotopic (exact) mass is 238 g/mol. The van der Waals surface area contributed by atoms with Crippen LogP contribution in [0.15, 0.2) is 61.2 Å². The van der Waals surface area contributed by atoms with Crippen LogP contribution in [-0.4, -0.2) is 5.78 Å². The van der Waals surface area contributed by atoms with Crippen LogP contribution in [0.5, 0.6) is 0 Å². The lowest BCUT2D eigenvalue weighted by atomic mass is 10.2. The van der Waals surface area contributed by atoms with E-state index in [0.717, 1.165) is 11.1 Å². The zero-order valence-corrected chi connectivity index (χ0v) is 9.84. The smallest absolute Gasteiger partial charge is 0.178 e. The fourth-order valence-corrected chi connectivity index (χ4v) is 1.43. The van der Waals surface area contributed by atoms with E-state index >= 15 is 0 Å². The number of hydrogen-bond donors (Lipinski definition) is 0. The molecule has 0 aliphatic carbocycles. The molecule has 0 radical (unpaired) electrons. The van der Waals surface area contributed by atoms with Crippen molar-refractivity contribution in [2.24, 2.45) is 0 Å². The van der Waals surface area contributed by atoms with Crippen LogP contribution in [0, 0.1) is 0 Å². The molecule has 2 aromatic heterocycles. The molecule has 3 nitrogen and oxygen atoms in total. The Bertz CT molecular complexity index is 508. The first kappa shape index (κ1) is 11.9. The first-order valence-electron chi connectivity index (χ1n) is 5.67. The van der Waals surface area contributed by atoms with Gasteiger partial charge in [0, 0.05) is 23.3 Å². The number of carbonyl (C=O) groups is 1. The van der Waals surface area contributed by atoms with Gasteiger partial charge in [0.15, 0.2) is 30.6 Å². The summed E-state index contributed by atoms with van der Waals surface area (Å²) >= 11 is 0. The molecule has 0 aromatic carbocycles. The zero-order chi connectivity index (χ0) is 12.6. The Morgan fingerprint density at radius 1 is 0.889 bits per heavy atom. The van der Waals surface area contributed by atoms with E-state index in [1.165, 1.54) is 0 Å². The summed E-state index contributed by atoms with van der Waals surface area (Å²) in [6, 6.07) is 7.63. The molecule has 18 heavy (non-hydrogen) atoms. The molecule has 0 unspecified atom stereocenters. The molecule has 0 aliphatic heterocycles. The van der Waals surface area contributed by atoms with Gasteiger partial charge in [-0.05, 0) is 36.4 Å². The summed E-state index contributed by atoms with van der Waals surface area (Å²) in [7, 11) is 0. The first-order valence-corrected chi connectivity index (χ1v) is 5.67. The Morgan fingerprint density at radius 2 is 1.39 bits per heavy atom. The molecular formula is C15H14N2O+2. The minimum Gasteiger partial charge on any atom is -0.290 e. The molecule has 88 valence electrons. The van der Waals surface area contributed by atoms with E-state index in [0.29, 0.717) is 0 Å². The number of allylic oxidation sites excluding steroid dienone is 2. The molecule has 2 rings (SSSR count). The highest BCUT2D eigenvalue weighted by Crippen LogP contribution is 1.99. The van der Waals surface area contributed by atoms with Crippen molar-refractivity contribution in [3.63, 3.8) is 0 Å². The van der Waals surface area contributed by atoms with Gasteiger partial charge in [-0.15, -0.1) is 0 Å². The Balaban J connectivity index is 1.97. The molecule has 2 aromatic rings. The second kappa shape index (κ2) is 6.25. The maximum atomic E-state index is 11.6. The van der Waals surface area contributed by atoms with Gasteiger partial charge in [-0.1, -0.05) is 0 Å². The second-order valence-electron chi connectivity index (χ2n) is 3.74. The molecular weight excluding hydrogens is 224 g/mol. The number of ketones is 1. The third-order valence-corrected chi connectivity index (χ3v) is 2.34. The Labute approximate surface area is 106 Å². The first-order chi connectivity index (χ1) is 8.84. The van der Waals surface area contributed by atoms with Gasteiger partial charge >= 0.3 is 0 Å². The number of hydrogen-bond acceptors (Lipinski definition) is 1. The van der Waals surface area contributed by atoms with Crippen molar-refractivity contribution in [3.8, 4) is 0 Å². The normalized spacial score (nSPS) is 11.1. The van der Waals surface area contributed by atoms with Gasteiger partial charge in [0.1, 0.15) is 0 Å². The number of pyridine rings is 2. The van der Waals surface area contributed by atoms with Crippen molar-refractivity contribution in [1.29, 1.82) is 0 Å². The number of nitrogens with one attached hydrogen (secondary N) is 2. The van der Waals surface area contributed by atoms with E-state index in [4.69, 9.17) is 0 Å². The summed E-state index contributed by atoms with van der Waals surface area (Å²) in [5.41, 5.74) is 1.93. The van der Waals surface area contributed by atoms with Gasteiger partial charge in [-0.2, -0.15) is 0 Å². The lowest BCUT2D eigenvalue weighted by Gasteiger charge is -1.87. The highest BCUT2D eigenvalue weighted by Gasteiger charge is 1.93. The van der Waals surface area contributed by atoms with Crippen molar-refractivity contribution >= 4 is 17.9 Å². The van der Waals surface area contributed by atoms with Gasteiger partial charge in [0.2, 0.25) is 0 Å². The van der Waals surface area contributed by atoms with Crippen LogP contribution in [0.3, 0.4) is 0 Å². The van der Waals surface area contributed by atoms with E-state index < -0.39 is 0 Å². The van der Waals surface area contributed by atoms with E-state index in [9.17, 15) is 4.79 Å². The molecule has 2 N–H and O–H groups in total. The molecule has 3 heteroatoms. The largest absolute Gasteiger partial charge is 0.290 e. The SMILES string of the molecule is O=C(/C=C/c1ccc[nH+]c1)/C=C/c1ccc[nH+]c1. The van der Waals surface area contributed by atoms with E-state index in [1.807, 2.05) is 49.1 Å². The molecule has 0 saturated carbocycles. The van der Waals surface area contributed by atoms with E-state index in [-0.39, 0.29) is 5.78 Å². The quantitative estimate of drug-likeness (QED) is 0.746. The minimum atomic E-state index is -0.0392. The summed E-state index contributed by atoms with van der Waals surface area (Å²) in [4.78, 5) is 17.5. The molecule has 2 heterocycles. The molecule has 0 aliphatic rings. The average molecular weight is 238 g/mol. The minimum absolute atomic E-state index is 0.0392. The summed E-state index contributed by atoms with van der Waals surface area (Å²) in [6.45, 7) is 0. The van der Waals surface area contributed by atoms with Crippen molar-refractivity contribution in [3.05, 3.63) is 72.3 Å². The summed E-state index contributed by atoms with van der Waals surface area (Å²) < 4.78 is 0. The van der Waals surface area contributed by atoms with Gasteiger partial charge in [0.25, 0.3) is 0 Å². The molecule has 0 fully saturated rings. The molecule has 0 amide bonds. The van der Waals surface area contributed by atoms with Crippen LogP contribution in [0.1, 0.15) is 11.1 Å². The van der Waals surface area contributed by atoms with Gasteiger partial charge < -0.3 is 0 Å². The van der Waals surface area contributed by atoms with E-state index in [1.54, 1.807) is 24.3 Å². The zero-order valence-electron chi connectivity index (χ0n) is 9.84. The number of aromatic amines is 2. The van der Waals surface area contributed by atoms with Crippen molar-refractivity contribution in [2.45, 2.75) is 0 Å². The molecule has 0 bridgehead atoms.